The number of hydrogen-bond donors (Lipinski definition) is 0. The van der Waals surface area contributed by atoms with Gasteiger partial charge < -0.3 is 14.4 Å². The van der Waals surface area contributed by atoms with Gasteiger partial charge in [-0.05, 0) is 39.8 Å². The van der Waals surface area contributed by atoms with E-state index in [2.05, 4.69) is 0 Å². The van der Waals surface area contributed by atoms with E-state index < -0.39 is 11.9 Å². The molecule has 1 aromatic carbocycles. The average Bonchev–Trinajstić information content (AvgIpc) is 2.56. The van der Waals surface area contributed by atoms with E-state index in [9.17, 15) is 14.4 Å². The normalized spacial score (nSPS) is 9.83. The van der Waals surface area contributed by atoms with Crippen LogP contribution in [0.2, 0.25) is 0 Å². The average molecular weight is 333 g/mol. The van der Waals surface area contributed by atoms with Crippen LogP contribution in [-0.4, -0.2) is 37.5 Å². The molecule has 0 unspecified atom stereocenters. The molecule has 6 nitrogen and oxygen atoms in total. The van der Waals surface area contributed by atoms with Crippen LogP contribution in [0.1, 0.15) is 38.1 Å². The summed E-state index contributed by atoms with van der Waals surface area (Å²) >= 11 is 0. The smallest absolute Gasteiger partial charge is 0.347 e. The maximum Gasteiger partial charge on any atom is 0.347 e. The Balaban J connectivity index is 3.24. The molecule has 1 rings (SSSR count). The van der Waals surface area contributed by atoms with E-state index >= 15 is 0 Å². The van der Waals surface area contributed by atoms with Gasteiger partial charge in [0.2, 0.25) is 0 Å². The van der Waals surface area contributed by atoms with Crippen molar-refractivity contribution in [3.05, 3.63) is 41.6 Å². The summed E-state index contributed by atoms with van der Waals surface area (Å²) < 4.78 is 9.85. The molecule has 0 heterocycles. The van der Waals surface area contributed by atoms with E-state index in [4.69, 9.17) is 9.47 Å². The minimum absolute atomic E-state index is 0.0621. The molecule has 0 atom stereocenters. The number of ether oxygens (including phenoxy) is 2. The third kappa shape index (κ3) is 5.22. The molecule has 0 aromatic heterocycles. The number of carbonyl (C=O) groups excluding carboxylic acids is 3. The first kappa shape index (κ1) is 19.4. The lowest BCUT2D eigenvalue weighted by Gasteiger charge is -2.20. The Morgan fingerprint density at radius 1 is 1.04 bits per heavy atom. The highest BCUT2D eigenvalue weighted by Gasteiger charge is 2.22. The predicted octanol–water partition coefficient (Wildman–Crippen LogP) is 2.73. The summed E-state index contributed by atoms with van der Waals surface area (Å²) in [5, 5.41) is 0. The van der Waals surface area contributed by atoms with Crippen LogP contribution in [0.3, 0.4) is 0 Å². The molecular formula is C18H23NO5. The molecule has 0 N–H and O–H groups in total. The summed E-state index contributed by atoms with van der Waals surface area (Å²) in [7, 11) is 0. The van der Waals surface area contributed by atoms with Crippen LogP contribution < -0.4 is 4.90 Å². The van der Waals surface area contributed by atoms with Gasteiger partial charge in [0.15, 0.2) is 11.4 Å². The molecule has 0 aliphatic carbocycles. The standard InChI is InChI=1S/C18H23NO5/c1-5-19(15-10-8-9-14(11-15)13(4)20)12-16(17(21)23-6-2)18(22)24-7-3/h8-12H,5-7H2,1-4H3. The second-order valence-electron chi connectivity index (χ2n) is 4.88. The van der Waals surface area contributed by atoms with Gasteiger partial charge in [0, 0.05) is 24.0 Å². The molecule has 0 saturated heterocycles. The van der Waals surface area contributed by atoms with Gasteiger partial charge >= 0.3 is 11.9 Å². The first-order valence-corrected chi connectivity index (χ1v) is 7.88. The third-order valence-corrected chi connectivity index (χ3v) is 3.20. The molecule has 0 spiro atoms. The lowest BCUT2D eigenvalue weighted by Crippen LogP contribution is -2.24. The number of Topliss-reactive ketones (excluding diaryl/α,β-unsaturated/α-hetero) is 1. The summed E-state index contributed by atoms with van der Waals surface area (Å²) in [6, 6.07) is 6.95. The zero-order valence-electron chi connectivity index (χ0n) is 14.5. The number of nitrogens with zero attached hydrogens (tertiary/aromatic N) is 1. The largest absolute Gasteiger partial charge is 0.462 e. The van der Waals surface area contributed by atoms with Crippen molar-refractivity contribution in [1.29, 1.82) is 0 Å². The van der Waals surface area contributed by atoms with E-state index in [-0.39, 0.29) is 24.6 Å². The lowest BCUT2D eigenvalue weighted by atomic mass is 10.1. The highest BCUT2D eigenvalue weighted by Crippen LogP contribution is 2.18. The first-order chi connectivity index (χ1) is 11.4. The molecule has 0 fully saturated rings. The molecular weight excluding hydrogens is 310 g/mol. The maximum atomic E-state index is 12.0. The van der Waals surface area contributed by atoms with Crippen LogP contribution in [0.25, 0.3) is 0 Å². The van der Waals surface area contributed by atoms with Crippen molar-refractivity contribution in [3.8, 4) is 0 Å². The molecule has 0 radical (unpaired) electrons. The fourth-order valence-electron chi connectivity index (χ4n) is 2.01. The quantitative estimate of drug-likeness (QED) is 0.239. The number of carbonyl (C=O) groups is 3. The Kier molecular flexibility index (Phi) is 7.68. The molecule has 24 heavy (non-hydrogen) atoms. The minimum Gasteiger partial charge on any atom is -0.462 e. The Morgan fingerprint density at radius 3 is 2.08 bits per heavy atom. The summed E-state index contributed by atoms with van der Waals surface area (Å²) in [5.41, 5.74) is 1.05. The van der Waals surface area contributed by atoms with E-state index in [0.717, 1.165) is 0 Å². The van der Waals surface area contributed by atoms with Crippen LogP contribution in [-0.2, 0) is 19.1 Å². The summed E-state index contributed by atoms with van der Waals surface area (Å²) in [5.74, 6) is -1.54. The van der Waals surface area contributed by atoms with Gasteiger partial charge in [-0.25, -0.2) is 9.59 Å². The highest BCUT2D eigenvalue weighted by atomic mass is 16.6. The monoisotopic (exact) mass is 333 g/mol. The molecule has 6 heteroatoms. The van der Waals surface area contributed by atoms with Crippen molar-refractivity contribution in [2.45, 2.75) is 27.7 Å². The van der Waals surface area contributed by atoms with Gasteiger partial charge in [-0.2, -0.15) is 0 Å². The molecule has 0 aliphatic rings. The fourth-order valence-corrected chi connectivity index (χ4v) is 2.01. The SMILES string of the molecule is CCOC(=O)C(=CN(CC)c1cccc(C(C)=O)c1)C(=O)OCC. The molecule has 0 aliphatic heterocycles. The van der Waals surface area contributed by atoms with E-state index in [1.54, 1.807) is 43.0 Å². The van der Waals surface area contributed by atoms with Crippen LogP contribution in [0.4, 0.5) is 5.69 Å². The number of ketones is 1. The van der Waals surface area contributed by atoms with Gasteiger partial charge in [0.1, 0.15) is 0 Å². The van der Waals surface area contributed by atoms with Crippen molar-refractivity contribution in [1.82, 2.24) is 0 Å². The van der Waals surface area contributed by atoms with Crippen molar-refractivity contribution >= 4 is 23.4 Å². The van der Waals surface area contributed by atoms with Gasteiger partial charge in [-0.1, -0.05) is 12.1 Å². The molecule has 1 aromatic rings. The van der Waals surface area contributed by atoms with Crippen molar-refractivity contribution in [2.75, 3.05) is 24.7 Å². The number of benzene rings is 1. The molecule has 0 saturated carbocycles. The Morgan fingerprint density at radius 2 is 1.62 bits per heavy atom. The van der Waals surface area contributed by atoms with E-state index in [1.165, 1.54) is 13.1 Å². The second-order valence-corrected chi connectivity index (χ2v) is 4.88. The predicted molar refractivity (Wildman–Crippen MR) is 90.8 cm³/mol. The highest BCUT2D eigenvalue weighted by molar-refractivity contribution is 6.14. The van der Waals surface area contributed by atoms with E-state index in [1.807, 2.05) is 6.92 Å². The second kappa shape index (κ2) is 9.50. The molecule has 0 amide bonds. The lowest BCUT2D eigenvalue weighted by molar-refractivity contribution is -0.146. The number of esters is 2. The van der Waals surface area contributed by atoms with Crippen molar-refractivity contribution in [3.63, 3.8) is 0 Å². The van der Waals surface area contributed by atoms with Crippen molar-refractivity contribution in [2.24, 2.45) is 0 Å². The molecule has 130 valence electrons. The minimum atomic E-state index is -0.739. The number of anilines is 1. The number of hydrogen-bond acceptors (Lipinski definition) is 6. The summed E-state index contributed by atoms with van der Waals surface area (Å²) in [4.78, 5) is 37.3. The van der Waals surface area contributed by atoms with Crippen LogP contribution in [0, 0.1) is 0 Å². The zero-order chi connectivity index (χ0) is 18.1. The topological polar surface area (TPSA) is 72.9 Å². The number of rotatable bonds is 8. The Labute approximate surface area is 142 Å². The van der Waals surface area contributed by atoms with Crippen LogP contribution >= 0.6 is 0 Å². The van der Waals surface area contributed by atoms with Gasteiger partial charge in [0.25, 0.3) is 0 Å². The van der Waals surface area contributed by atoms with Gasteiger partial charge in [-0.15, -0.1) is 0 Å². The Hall–Kier alpha value is -2.63. The van der Waals surface area contributed by atoms with Crippen molar-refractivity contribution < 1.29 is 23.9 Å². The van der Waals surface area contributed by atoms with Crippen LogP contribution in [0.15, 0.2) is 36.0 Å². The third-order valence-electron chi connectivity index (χ3n) is 3.20. The fraction of sp³-hybridized carbons (Fsp3) is 0.389. The zero-order valence-corrected chi connectivity index (χ0v) is 14.5. The first-order valence-electron chi connectivity index (χ1n) is 7.88. The maximum absolute atomic E-state index is 12.0. The van der Waals surface area contributed by atoms with E-state index in [0.29, 0.717) is 17.8 Å². The van der Waals surface area contributed by atoms with Gasteiger partial charge in [0.05, 0.1) is 13.2 Å². The molecule has 0 bridgehead atoms. The summed E-state index contributed by atoms with van der Waals surface area (Å²) in [6.07, 6.45) is 1.40. The van der Waals surface area contributed by atoms with Crippen LogP contribution in [0.5, 0.6) is 0 Å². The Bertz CT molecular complexity index is 616. The van der Waals surface area contributed by atoms with Gasteiger partial charge in [-0.3, -0.25) is 4.79 Å². The summed E-state index contributed by atoms with van der Waals surface area (Å²) in [6.45, 7) is 7.47.